The first-order valence-corrected chi connectivity index (χ1v) is 10.1. The van der Waals surface area contributed by atoms with Gasteiger partial charge in [0.2, 0.25) is 5.91 Å². The van der Waals surface area contributed by atoms with E-state index in [0.29, 0.717) is 35.4 Å². The Morgan fingerprint density at radius 3 is 2.34 bits per heavy atom. The van der Waals surface area contributed by atoms with Crippen LogP contribution >= 0.6 is 0 Å². The van der Waals surface area contributed by atoms with Crippen molar-refractivity contribution >= 4 is 22.9 Å². The van der Waals surface area contributed by atoms with Gasteiger partial charge in [0.1, 0.15) is 5.69 Å². The van der Waals surface area contributed by atoms with Crippen LogP contribution in [0.3, 0.4) is 0 Å². The van der Waals surface area contributed by atoms with Gasteiger partial charge in [0.15, 0.2) is 23.1 Å². The number of halogens is 2. The molecule has 1 fully saturated rings. The summed E-state index contributed by atoms with van der Waals surface area (Å²) in [6.07, 6.45) is 4.43. The Morgan fingerprint density at radius 2 is 1.84 bits per heavy atom. The smallest absolute Gasteiger partial charge is 0.238 e. The molecule has 1 aromatic heterocycles. The van der Waals surface area contributed by atoms with Crippen LogP contribution in [0, 0.1) is 17.0 Å². The molecule has 2 heterocycles. The second kappa shape index (κ2) is 7.89. The second-order valence-corrected chi connectivity index (χ2v) is 7.93. The number of methoxy groups -OCH3 is 2. The number of hydrogen-bond acceptors (Lipinski definition) is 6. The second-order valence-electron chi connectivity index (χ2n) is 7.93. The van der Waals surface area contributed by atoms with E-state index in [4.69, 9.17) is 14.9 Å². The number of nitrogens with zero attached hydrogens (tertiary/aromatic N) is 2. The van der Waals surface area contributed by atoms with E-state index in [0.717, 1.165) is 16.5 Å². The van der Waals surface area contributed by atoms with Gasteiger partial charge < -0.3 is 25.1 Å². The van der Waals surface area contributed by atoms with Gasteiger partial charge in [0, 0.05) is 36.8 Å². The fourth-order valence-electron chi connectivity index (χ4n) is 4.24. The molecule has 2 N–H and O–H groups in total. The molecule has 168 valence electrons. The van der Waals surface area contributed by atoms with Gasteiger partial charge in [-0.25, -0.2) is 8.78 Å². The average Bonchev–Trinajstić information content (AvgIpc) is 3.57. The molecule has 1 spiro atoms. The third-order valence-electron chi connectivity index (χ3n) is 6.02. The number of ether oxygens (including phenoxy) is 2. The van der Waals surface area contributed by atoms with Gasteiger partial charge in [-0.15, -0.1) is 0 Å². The molecule has 1 amide bonds. The highest BCUT2D eigenvalue weighted by molar-refractivity contribution is 6.20. The van der Waals surface area contributed by atoms with Crippen molar-refractivity contribution < 1.29 is 23.0 Å². The number of carbonyl (C=O) groups excluding carboxylic acids is 1. The maximum Gasteiger partial charge on any atom is 0.238 e. The van der Waals surface area contributed by atoms with Crippen molar-refractivity contribution in [1.82, 2.24) is 10.3 Å². The number of carbonyl (C=O) groups is 1. The van der Waals surface area contributed by atoms with E-state index in [9.17, 15) is 4.79 Å². The molecule has 0 bridgehead atoms. The lowest BCUT2D eigenvalue weighted by atomic mass is 9.85. The largest absolute Gasteiger partial charge is 0.493 e. The molecule has 0 unspecified atom stereocenters. The highest BCUT2D eigenvalue weighted by atomic mass is 19.1. The highest BCUT2D eigenvalue weighted by Crippen LogP contribution is 2.55. The number of benzene rings is 1. The average molecular weight is 442 g/mol. The summed E-state index contributed by atoms with van der Waals surface area (Å²) in [5.41, 5.74) is 1.65. The maximum absolute atomic E-state index is 15.1. The van der Waals surface area contributed by atoms with Gasteiger partial charge in [-0.05, 0) is 37.0 Å². The van der Waals surface area contributed by atoms with Crippen molar-refractivity contribution in [2.45, 2.75) is 31.7 Å². The minimum atomic E-state index is -0.957. The van der Waals surface area contributed by atoms with Crippen molar-refractivity contribution in [1.29, 1.82) is 5.41 Å². The molecule has 1 aromatic carbocycles. The van der Waals surface area contributed by atoms with Crippen LogP contribution in [0.4, 0.5) is 14.5 Å². The number of nitrogens with one attached hydrogen (secondary N) is 2. The molecule has 4 rings (SSSR count). The maximum atomic E-state index is 15.1. The van der Waals surface area contributed by atoms with Gasteiger partial charge in [-0.1, -0.05) is 0 Å². The number of amides is 1. The third kappa shape index (κ3) is 3.19. The lowest BCUT2D eigenvalue weighted by Gasteiger charge is -2.35. The third-order valence-corrected chi connectivity index (χ3v) is 6.02. The van der Waals surface area contributed by atoms with E-state index in [1.54, 1.807) is 26.4 Å². The summed E-state index contributed by atoms with van der Waals surface area (Å²) in [7, 11) is 4.27. The lowest BCUT2D eigenvalue weighted by Crippen LogP contribution is -2.45. The Morgan fingerprint density at radius 1 is 1.22 bits per heavy atom. The minimum absolute atomic E-state index is 0.0397. The van der Waals surface area contributed by atoms with Crippen LogP contribution in [0.15, 0.2) is 24.5 Å². The summed E-state index contributed by atoms with van der Waals surface area (Å²) in [6, 6.07) is 2.93. The van der Waals surface area contributed by atoms with E-state index in [1.165, 1.54) is 14.2 Å². The molecule has 0 atom stereocenters. The Kier molecular flexibility index (Phi) is 5.36. The minimum Gasteiger partial charge on any atom is -0.493 e. The van der Waals surface area contributed by atoms with E-state index in [2.05, 4.69) is 10.3 Å². The Bertz CT molecular complexity index is 1130. The zero-order chi connectivity index (χ0) is 23.2. The van der Waals surface area contributed by atoms with Crippen LogP contribution in [0.5, 0.6) is 11.5 Å². The van der Waals surface area contributed by atoms with Crippen LogP contribution < -0.4 is 19.7 Å². The number of anilines is 1. The van der Waals surface area contributed by atoms with Gasteiger partial charge in [0.25, 0.3) is 0 Å². The first-order valence-electron chi connectivity index (χ1n) is 10.1. The van der Waals surface area contributed by atoms with Crippen LogP contribution in [0.25, 0.3) is 5.57 Å². The molecule has 0 saturated heterocycles. The van der Waals surface area contributed by atoms with Crippen LogP contribution in [-0.2, 0) is 16.8 Å². The molecule has 1 aliphatic heterocycles. The summed E-state index contributed by atoms with van der Waals surface area (Å²) in [5.74, 6) is -2.71. The zero-order valence-electron chi connectivity index (χ0n) is 18.3. The molecule has 1 aliphatic carbocycles. The lowest BCUT2D eigenvalue weighted by molar-refractivity contribution is -0.121. The molecular formula is C23H24F2N4O3. The van der Waals surface area contributed by atoms with Crippen LogP contribution in [0.1, 0.15) is 36.6 Å². The summed E-state index contributed by atoms with van der Waals surface area (Å²) in [5, 5.41) is 10.9. The number of fused-ring (bicyclic) bond motifs is 2. The number of rotatable bonds is 6. The molecule has 0 radical (unpaired) electrons. The van der Waals surface area contributed by atoms with Gasteiger partial charge in [-0.2, -0.15) is 0 Å². The Hall–Kier alpha value is -3.49. The van der Waals surface area contributed by atoms with Gasteiger partial charge >= 0.3 is 0 Å². The molecule has 7 nitrogen and oxygen atoms in total. The predicted molar refractivity (Wildman–Crippen MR) is 116 cm³/mol. The van der Waals surface area contributed by atoms with Crippen molar-refractivity contribution in [2.75, 3.05) is 26.2 Å². The first-order chi connectivity index (χ1) is 15.3. The van der Waals surface area contributed by atoms with Gasteiger partial charge in [-0.3, -0.25) is 9.78 Å². The van der Waals surface area contributed by atoms with Crippen molar-refractivity contribution in [3.8, 4) is 11.5 Å². The number of aromatic nitrogens is 1. The van der Waals surface area contributed by atoms with E-state index >= 15 is 8.78 Å². The Labute approximate surface area is 184 Å². The summed E-state index contributed by atoms with van der Waals surface area (Å²) < 4.78 is 40.3. The van der Waals surface area contributed by atoms with Crippen molar-refractivity contribution in [3.63, 3.8) is 0 Å². The van der Waals surface area contributed by atoms with Crippen LogP contribution in [-0.4, -0.2) is 37.9 Å². The summed E-state index contributed by atoms with van der Waals surface area (Å²) in [4.78, 5) is 19.1. The summed E-state index contributed by atoms with van der Waals surface area (Å²) in [6.45, 7) is 1.62. The topological polar surface area (TPSA) is 87.5 Å². The Balaban J connectivity index is 1.85. The molecule has 2 aromatic rings. The number of allylic oxidation sites excluding steroid dienone is 1. The van der Waals surface area contributed by atoms with E-state index in [-0.39, 0.29) is 24.0 Å². The summed E-state index contributed by atoms with van der Waals surface area (Å²) >= 11 is 0. The van der Waals surface area contributed by atoms with Crippen molar-refractivity contribution in [2.24, 2.45) is 0 Å². The molecule has 32 heavy (non-hydrogen) atoms. The van der Waals surface area contributed by atoms with E-state index < -0.39 is 22.7 Å². The molecule has 2 aliphatic rings. The van der Waals surface area contributed by atoms with Crippen LogP contribution in [0.2, 0.25) is 0 Å². The highest BCUT2D eigenvalue weighted by Gasteiger charge is 2.57. The standard InChI is InChI=1S/C23H24F2N4O3/c1-12(26)14(10-27-2)16-7-15-13(9-28-16)11-29(22(30)23(15)5-6-23)21-19(24)17(31-3)8-18(32-4)20(21)25/h7-10,26-27H,5-6,11H2,1-4H3/b14-10+,26-12?. The molecule has 1 saturated carbocycles. The number of pyridine rings is 1. The SMILES string of the molecule is CN/C=C(\C(C)=N)c1cc2c(cn1)CN(c1c(F)c(OC)cc(OC)c1F)C(=O)C21CC1. The number of hydrogen-bond donors (Lipinski definition) is 2. The van der Waals surface area contributed by atoms with Gasteiger partial charge in [0.05, 0.1) is 31.9 Å². The fourth-order valence-corrected chi connectivity index (χ4v) is 4.24. The monoisotopic (exact) mass is 442 g/mol. The van der Waals surface area contributed by atoms with Crippen molar-refractivity contribution in [3.05, 3.63) is 53.0 Å². The molecular weight excluding hydrogens is 418 g/mol. The normalized spacial score (nSPS) is 16.6. The molecule has 9 heteroatoms. The zero-order valence-corrected chi connectivity index (χ0v) is 18.3. The quantitative estimate of drug-likeness (QED) is 0.668. The first kappa shape index (κ1) is 21.7. The fraction of sp³-hybridized carbons (Fsp3) is 0.348. The van der Waals surface area contributed by atoms with E-state index in [1.807, 2.05) is 6.07 Å². The predicted octanol–water partition coefficient (Wildman–Crippen LogP) is 3.56.